The summed E-state index contributed by atoms with van der Waals surface area (Å²) < 4.78 is 5.19. The minimum atomic E-state index is -0.446. The van der Waals surface area contributed by atoms with Crippen LogP contribution in [-0.4, -0.2) is 24.4 Å². The molecule has 2 aromatic rings. The first-order valence-electron chi connectivity index (χ1n) is 8.86. The van der Waals surface area contributed by atoms with Gasteiger partial charge >= 0.3 is 5.97 Å². The topological polar surface area (TPSA) is 84.5 Å². The van der Waals surface area contributed by atoms with Crippen LogP contribution in [0.15, 0.2) is 29.6 Å². The fourth-order valence-corrected chi connectivity index (χ4v) is 4.33. The summed E-state index contributed by atoms with van der Waals surface area (Å²) in [7, 11) is 0. The summed E-state index contributed by atoms with van der Waals surface area (Å²) in [4.78, 5) is 36.6. The number of fused-ring (bicyclic) bond motifs is 1. The van der Waals surface area contributed by atoms with Crippen LogP contribution in [0.1, 0.15) is 41.1 Å². The van der Waals surface area contributed by atoms with E-state index >= 15 is 0 Å². The van der Waals surface area contributed by atoms with Crippen LogP contribution in [0.4, 0.5) is 11.4 Å². The van der Waals surface area contributed by atoms with E-state index in [0.717, 1.165) is 24.8 Å². The zero-order chi connectivity index (χ0) is 19.4. The van der Waals surface area contributed by atoms with E-state index in [2.05, 4.69) is 17.6 Å². The number of nitrogens with one attached hydrogen (secondary N) is 2. The standard InChI is InChI=1S/C20H22N2O4S/c1-12-3-8-16-17(11-27-18(16)9-12)20(25)26-10-19(24)22-15-6-4-14(5-7-15)21-13(2)23/h4-7,11-12H,3,8-10H2,1-2H3,(H,21,23)(H,22,24). The molecule has 27 heavy (non-hydrogen) atoms. The van der Waals surface area contributed by atoms with Crippen molar-refractivity contribution in [2.24, 2.45) is 5.92 Å². The van der Waals surface area contributed by atoms with Gasteiger partial charge in [0.25, 0.3) is 5.91 Å². The molecular weight excluding hydrogens is 364 g/mol. The molecule has 6 nitrogen and oxygen atoms in total. The van der Waals surface area contributed by atoms with Crippen LogP contribution >= 0.6 is 11.3 Å². The number of carbonyl (C=O) groups excluding carboxylic acids is 3. The Bertz CT molecular complexity index is 857. The highest BCUT2D eigenvalue weighted by Gasteiger charge is 2.24. The molecule has 1 unspecified atom stereocenters. The Hall–Kier alpha value is -2.67. The minimum absolute atomic E-state index is 0.163. The lowest BCUT2D eigenvalue weighted by Gasteiger charge is -2.18. The molecule has 0 aliphatic heterocycles. The van der Waals surface area contributed by atoms with Crippen molar-refractivity contribution in [1.82, 2.24) is 0 Å². The van der Waals surface area contributed by atoms with Crippen molar-refractivity contribution in [3.63, 3.8) is 0 Å². The molecule has 0 radical (unpaired) electrons. The zero-order valence-corrected chi connectivity index (χ0v) is 16.2. The molecule has 0 saturated heterocycles. The average molecular weight is 386 g/mol. The molecule has 0 bridgehead atoms. The zero-order valence-electron chi connectivity index (χ0n) is 15.3. The van der Waals surface area contributed by atoms with Gasteiger partial charge in [0.1, 0.15) is 0 Å². The highest BCUT2D eigenvalue weighted by atomic mass is 32.1. The van der Waals surface area contributed by atoms with Gasteiger partial charge in [-0.3, -0.25) is 9.59 Å². The molecule has 7 heteroatoms. The molecule has 2 amide bonds. The third kappa shape index (κ3) is 4.95. The van der Waals surface area contributed by atoms with Gasteiger partial charge in [0.05, 0.1) is 5.56 Å². The lowest BCUT2D eigenvalue weighted by atomic mass is 9.88. The summed E-state index contributed by atoms with van der Waals surface area (Å²) in [5.41, 5.74) is 2.88. The smallest absolute Gasteiger partial charge is 0.339 e. The maximum Gasteiger partial charge on any atom is 0.339 e. The second-order valence-corrected chi connectivity index (χ2v) is 7.75. The first-order chi connectivity index (χ1) is 12.9. The predicted molar refractivity (Wildman–Crippen MR) is 105 cm³/mol. The summed E-state index contributed by atoms with van der Waals surface area (Å²) in [6, 6.07) is 6.70. The van der Waals surface area contributed by atoms with Crippen molar-refractivity contribution >= 4 is 40.5 Å². The van der Waals surface area contributed by atoms with E-state index in [1.54, 1.807) is 35.6 Å². The molecule has 1 aliphatic rings. The van der Waals surface area contributed by atoms with Crippen molar-refractivity contribution in [3.05, 3.63) is 45.6 Å². The Morgan fingerprint density at radius 2 is 1.81 bits per heavy atom. The van der Waals surface area contributed by atoms with E-state index in [1.807, 2.05) is 5.38 Å². The summed E-state index contributed by atoms with van der Waals surface area (Å²) in [6.45, 7) is 3.30. The number of hydrogen-bond donors (Lipinski definition) is 2. The van der Waals surface area contributed by atoms with Crippen LogP contribution in [0.2, 0.25) is 0 Å². The first kappa shape index (κ1) is 19.1. The Labute approximate surface area is 161 Å². The fourth-order valence-electron chi connectivity index (χ4n) is 3.09. The third-order valence-electron chi connectivity index (χ3n) is 4.45. The number of ether oxygens (including phenoxy) is 1. The minimum Gasteiger partial charge on any atom is -0.452 e. The average Bonchev–Trinajstić information content (AvgIpc) is 3.04. The molecule has 0 fully saturated rings. The van der Waals surface area contributed by atoms with Crippen LogP contribution in [0.5, 0.6) is 0 Å². The number of benzene rings is 1. The largest absolute Gasteiger partial charge is 0.452 e. The van der Waals surface area contributed by atoms with Gasteiger partial charge in [-0.2, -0.15) is 0 Å². The third-order valence-corrected chi connectivity index (χ3v) is 5.50. The van der Waals surface area contributed by atoms with Gasteiger partial charge in [0.15, 0.2) is 6.61 Å². The fraction of sp³-hybridized carbons (Fsp3) is 0.350. The molecule has 1 heterocycles. The lowest BCUT2D eigenvalue weighted by molar-refractivity contribution is -0.119. The van der Waals surface area contributed by atoms with Crippen molar-refractivity contribution in [1.29, 1.82) is 0 Å². The molecule has 0 spiro atoms. The Balaban J connectivity index is 1.52. The maximum absolute atomic E-state index is 12.3. The summed E-state index contributed by atoms with van der Waals surface area (Å²) in [6.07, 6.45) is 2.96. The van der Waals surface area contributed by atoms with Gasteiger partial charge in [0.2, 0.25) is 5.91 Å². The van der Waals surface area contributed by atoms with E-state index in [4.69, 9.17) is 4.74 Å². The van der Waals surface area contributed by atoms with Gasteiger partial charge in [-0.25, -0.2) is 4.79 Å². The number of carbonyl (C=O) groups is 3. The van der Waals surface area contributed by atoms with Gasteiger partial charge in [-0.05, 0) is 55.0 Å². The molecule has 1 atom stereocenters. The number of thiophene rings is 1. The second-order valence-electron chi connectivity index (χ2n) is 6.78. The van der Waals surface area contributed by atoms with Gasteiger partial charge in [0, 0.05) is 28.6 Å². The Morgan fingerprint density at radius 1 is 1.15 bits per heavy atom. The molecular formula is C20H22N2O4S. The first-order valence-corrected chi connectivity index (χ1v) is 9.74. The predicted octanol–water partition coefficient (Wildman–Crippen LogP) is 3.63. The van der Waals surface area contributed by atoms with Gasteiger partial charge in [-0.1, -0.05) is 6.92 Å². The number of hydrogen-bond acceptors (Lipinski definition) is 5. The molecule has 3 rings (SSSR count). The number of anilines is 2. The Kier molecular flexibility index (Phi) is 5.91. The quantitative estimate of drug-likeness (QED) is 0.769. The molecule has 0 saturated carbocycles. The van der Waals surface area contributed by atoms with E-state index in [1.165, 1.54) is 11.8 Å². The highest BCUT2D eigenvalue weighted by molar-refractivity contribution is 7.10. The second kappa shape index (κ2) is 8.35. The van der Waals surface area contributed by atoms with Crippen LogP contribution in [0.25, 0.3) is 0 Å². The summed E-state index contributed by atoms with van der Waals surface area (Å²) in [5, 5.41) is 7.15. The van der Waals surface area contributed by atoms with Gasteiger partial charge < -0.3 is 15.4 Å². The van der Waals surface area contributed by atoms with Crippen molar-refractivity contribution in [3.8, 4) is 0 Å². The van der Waals surface area contributed by atoms with Crippen LogP contribution in [0, 0.1) is 5.92 Å². The van der Waals surface area contributed by atoms with Crippen molar-refractivity contribution in [2.75, 3.05) is 17.2 Å². The van der Waals surface area contributed by atoms with E-state index in [0.29, 0.717) is 22.9 Å². The number of amides is 2. The number of esters is 1. The van der Waals surface area contributed by atoms with Crippen LogP contribution in [-0.2, 0) is 27.2 Å². The Morgan fingerprint density at radius 3 is 2.48 bits per heavy atom. The monoisotopic (exact) mass is 386 g/mol. The normalized spacial score (nSPS) is 15.6. The van der Waals surface area contributed by atoms with E-state index < -0.39 is 11.9 Å². The SMILES string of the molecule is CC(=O)Nc1ccc(NC(=O)COC(=O)c2csc3c2CCC(C)C3)cc1. The van der Waals surface area contributed by atoms with Crippen molar-refractivity contribution in [2.45, 2.75) is 33.1 Å². The van der Waals surface area contributed by atoms with Crippen LogP contribution < -0.4 is 10.6 Å². The lowest BCUT2D eigenvalue weighted by Crippen LogP contribution is -2.21. The maximum atomic E-state index is 12.3. The van der Waals surface area contributed by atoms with Crippen molar-refractivity contribution < 1.29 is 19.1 Å². The van der Waals surface area contributed by atoms with Gasteiger partial charge in [-0.15, -0.1) is 11.3 Å². The molecule has 1 aromatic heterocycles. The highest BCUT2D eigenvalue weighted by Crippen LogP contribution is 2.33. The number of rotatable bonds is 5. The summed E-state index contributed by atoms with van der Waals surface area (Å²) in [5.74, 6) is -0.377. The molecule has 1 aromatic carbocycles. The molecule has 2 N–H and O–H groups in total. The van der Waals surface area contributed by atoms with E-state index in [-0.39, 0.29) is 12.5 Å². The van der Waals surface area contributed by atoms with Crippen LogP contribution in [0.3, 0.4) is 0 Å². The van der Waals surface area contributed by atoms with E-state index in [9.17, 15) is 14.4 Å². The molecule has 1 aliphatic carbocycles. The summed E-state index contributed by atoms with van der Waals surface area (Å²) >= 11 is 1.60. The molecule has 142 valence electrons.